The fourth-order valence-corrected chi connectivity index (χ4v) is 4.23. The van der Waals surface area contributed by atoms with E-state index in [0.29, 0.717) is 16.4 Å². The molecule has 2 aromatic carbocycles. The number of fused-ring (bicyclic) bond motifs is 1. The van der Waals surface area contributed by atoms with E-state index in [1.165, 1.54) is 11.3 Å². The molecule has 8 heteroatoms. The molecule has 3 aromatic rings. The highest BCUT2D eigenvalue weighted by atomic mass is 32.1. The van der Waals surface area contributed by atoms with Crippen LogP contribution in [0.1, 0.15) is 15.9 Å². The molecular weight excluding hydrogens is 402 g/mol. The lowest BCUT2D eigenvalue weighted by Crippen LogP contribution is -2.35. The smallest absolute Gasteiger partial charge is 0.257 e. The Bertz CT molecular complexity index is 1060. The van der Waals surface area contributed by atoms with Crippen molar-refractivity contribution in [3.63, 3.8) is 0 Å². The van der Waals surface area contributed by atoms with E-state index in [0.717, 1.165) is 55.4 Å². The number of benzene rings is 2. The summed E-state index contributed by atoms with van der Waals surface area (Å²) in [6, 6.07) is 13.4. The minimum atomic E-state index is -0.162. The zero-order valence-electron chi connectivity index (χ0n) is 16.3. The number of morpholine rings is 1. The number of carbonyl (C=O) groups is 1. The van der Waals surface area contributed by atoms with E-state index in [1.807, 2.05) is 47.8 Å². The Morgan fingerprint density at radius 2 is 1.97 bits per heavy atom. The molecule has 0 unspecified atom stereocenters. The Labute approximate surface area is 178 Å². The van der Waals surface area contributed by atoms with Gasteiger partial charge in [0.25, 0.3) is 5.91 Å². The molecule has 0 saturated carbocycles. The molecule has 1 amide bonds. The Morgan fingerprint density at radius 3 is 2.87 bits per heavy atom. The fraction of sp³-hybridized carbons (Fsp3) is 0.273. The lowest BCUT2D eigenvalue weighted by molar-refractivity contribution is 0.0342. The molecule has 1 N–H and O–H groups in total. The average Bonchev–Trinajstić information content (AvgIpc) is 3.43. The molecule has 3 heterocycles. The van der Waals surface area contributed by atoms with Gasteiger partial charge in [0, 0.05) is 36.1 Å². The topological polar surface area (TPSA) is 72.9 Å². The van der Waals surface area contributed by atoms with Crippen LogP contribution in [0.25, 0.3) is 11.3 Å². The van der Waals surface area contributed by atoms with Crippen molar-refractivity contribution in [1.29, 1.82) is 0 Å². The van der Waals surface area contributed by atoms with Gasteiger partial charge in [-0.3, -0.25) is 15.0 Å². The first-order valence-electron chi connectivity index (χ1n) is 9.80. The number of rotatable bonds is 5. The third-order valence-corrected chi connectivity index (χ3v) is 5.85. The molecule has 1 saturated heterocycles. The summed E-state index contributed by atoms with van der Waals surface area (Å²) in [4.78, 5) is 19.6. The van der Waals surface area contributed by atoms with Gasteiger partial charge in [-0.1, -0.05) is 12.1 Å². The minimum Gasteiger partial charge on any atom is -0.454 e. The number of aromatic nitrogens is 1. The molecular formula is C22H21N3O4S. The zero-order chi connectivity index (χ0) is 20.3. The van der Waals surface area contributed by atoms with Crippen molar-refractivity contribution in [3.8, 4) is 22.8 Å². The summed E-state index contributed by atoms with van der Waals surface area (Å²) in [5, 5.41) is 5.39. The molecule has 154 valence electrons. The van der Waals surface area contributed by atoms with Crippen molar-refractivity contribution < 1.29 is 19.0 Å². The van der Waals surface area contributed by atoms with Crippen molar-refractivity contribution in [1.82, 2.24) is 9.88 Å². The molecule has 5 rings (SSSR count). The van der Waals surface area contributed by atoms with Crippen LogP contribution < -0.4 is 14.8 Å². The largest absolute Gasteiger partial charge is 0.454 e. The maximum absolute atomic E-state index is 12.7. The lowest BCUT2D eigenvalue weighted by Gasteiger charge is -2.26. The van der Waals surface area contributed by atoms with Crippen molar-refractivity contribution in [3.05, 3.63) is 59.0 Å². The molecule has 30 heavy (non-hydrogen) atoms. The number of hydrogen-bond acceptors (Lipinski definition) is 7. The maximum atomic E-state index is 12.7. The van der Waals surface area contributed by atoms with Crippen LogP contribution in [0.5, 0.6) is 11.5 Å². The van der Waals surface area contributed by atoms with Gasteiger partial charge < -0.3 is 14.2 Å². The van der Waals surface area contributed by atoms with Crippen LogP contribution in [0.15, 0.2) is 47.8 Å². The highest BCUT2D eigenvalue weighted by Crippen LogP contribution is 2.36. The fourth-order valence-electron chi connectivity index (χ4n) is 3.52. The lowest BCUT2D eigenvalue weighted by atomic mass is 10.1. The van der Waals surface area contributed by atoms with Gasteiger partial charge in [0.1, 0.15) is 0 Å². The summed E-state index contributed by atoms with van der Waals surface area (Å²) < 4.78 is 16.2. The summed E-state index contributed by atoms with van der Waals surface area (Å²) >= 11 is 1.40. The number of thiazole rings is 1. The minimum absolute atomic E-state index is 0.162. The molecule has 2 aliphatic heterocycles. The molecule has 7 nitrogen and oxygen atoms in total. The second-order valence-electron chi connectivity index (χ2n) is 7.15. The Morgan fingerprint density at radius 1 is 1.10 bits per heavy atom. The van der Waals surface area contributed by atoms with Gasteiger partial charge in [-0.05, 0) is 35.9 Å². The molecule has 0 radical (unpaired) electrons. The first kappa shape index (κ1) is 19.0. The molecule has 1 fully saturated rings. The van der Waals surface area contributed by atoms with E-state index < -0.39 is 0 Å². The highest BCUT2D eigenvalue weighted by Gasteiger charge is 2.16. The highest BCUT2D eigenvalue weighted by molar-refractivity contribution is 7.14. The van der Waals surface area contributed by atoms with E-state index in [9.17, 15) is 4.79 Å². The van der Waals surface area contributed by atoms with Crippen LogP contribution in [-0.4, -0.2) is 48.9 Å². The Hall–Kier alpha value is -2.94. The normalized spacial score (nSPS) is 15.9. The number of nitrogens with zero attached hydrogens (tertiary/aromatic N) is 2. The SMILES string of the molecule is O=C(Nc1nc(-c2ccc3c(c2)OCO3)cs1)c1cccc(CN2CCOCC2)c1. The van der Waals surface area contributed by atoms with Gasteiger partial charge in [-0.15, -0.1) is 11.3 Å². The van der Waals surface area contributed by atoms with Crippen LogP contribution in [0.2, 0.25) is 0 Å². The second kappa shape index (κ2) is 8.43. The van der Waals surface area contributed by atoms with Crippen molar-refractivity contribution in [2.75, 3.05) is 38.4 Å². The molecule has 0 spiro atoms. The van der Waals surface area contributed by atoms with Crippen molar-refractivity contribution in [2.24, 2.45) is 0 Å². The third-order valence-electron chi connectivity index (χ3n) is 5.09. The molecule has 0 atom stereocenters. The number of nitrogens with one attached hydrogen (secondary N) is 1. The standard InChI is InChI=1S/C22H21N3O4S/c26-21(17-3-1-2-15(10-17)12-25-6-8-27-9-7-25)24-22-23-18(13-30-22)16-4-5-19-20(11-16)29-14-28-19/h1-5,10-11,13H,6-9,12,14H2,(H,23,24,26). The van der Waals surface area contributed by atoms with Gasteiger partial charge in [-0.25, -0.2) is 4.98 Å². The summed E-state index contributed by atoms with van der Waals surface area (Å²) in [5.74, 6) is 1.29. The zero-order valence-corrected chi connectivity index (χ0v) is 17.1. The van der Waals surface area contributed by atoms with E-state index >= 15 is 0 Å². The first-order valence-corrected chi connectivity index (χ1v) is 10.7. The van der Waals surface area contributed by atoms with Crippen LogP contribution in [0.3, 0.4) is 0 Å². The third kappa shape index (κ3) is 4.16. The predicted octanol–water partition coefficient (Wildman–Crippen LogP) is 3.62. The Balaban J connectivity index is 1.26. The molecule has 1 aromatic heterocycles. The van der Waals surface area contributed by atoms with Gasteiger partial charge in [0.05, 0.1) is 18.9 Å². The van der Waals surface area contributed by atoms with E-state index in [1.54, 1.807) is 0 Å². The van der Waals surface area contributed by atoms with Gasteiger partial charge >= 0.3 is 0 Å². The quantitative estimate of drug-likeness (QED) is 0.676. The summed E-state index contributed by atoms with van der Waals surface area (Å²) in [7, 11) is 0. The number of anilines is 1. The summed E-state index contributed by atoms with van der Waals surface area (Å²) in [5.41, 5.74) is 3.45. The number of amides is 1. The molecule has 2 aliphatic rings. The second-order valence-corrected chi connectivity index (χ2v) is 8.01. The number of carbonyl (C=O) groups excluding carboxylic acids is 1. The van der Waals surface area contributed by atoms with Crippen LogP contribution in [0.4, 0.5) is 5.13 Å². The van der Waals surface area contributed by atoms with Crippen LogP contribution in [-0.2, 0) is 11.3 Å². The monoisotopic (exact) mass is 423 g/mol. The van der Waals surface area contributed by atoms with E-state index in [-0.39, 0.29) is 12.7 Å². The molecule has 0 aliphatic carbocycles. The van der Waals surface area contributed by atoms with Gasteiger partial charge in [-0.2, -0.15) is 0 Å². The van der Waals surface area contributed by atoms with Gasteiger partial charge in [0.15, 0.2) is 16.6 Å². The van der Waals surface area contributed by atoms with E-state index in [4.69, 9.17) is 14.2 Å². The number of ether oxygens (including phenoxy) is 3. The summed E-state index contributed by atoms with van der Waals surface area (Å²) in [6.45, 7) is 4.40. The first-order chi connectivity index (χ1) is 14.7. The van der Waals surface area contributed by atoms with Gasteiger partial charge in [0.2, 0.25) is 6.79 Å². The van der Waals surface area contributed by atoms with E-state index in [2.05, 4.69) is 15.2 Å². The Kier molecular flexibility index (Phi) is 5.35. The maximum Gasteiger partial charge on any atom is 0.257 e. The van der Waals surface area contributed by atoms with Crippen LogP contribution in [0, 0.1) is 0 Å². The number of hydrogen-bond donors (Lipinski definition) is 1. The van der Waals surface area contributed by atoms with Crippen molar-refractivity contribution >= 4 is 22.4 Å². The predicted molar refractivity (Wildman–Crippen MR) is 114 cm³/mol. The van der Waals surface area contributed by atoms with Crippen molar-refractivity contribution in [2.45, 2.75) is 6.54 Å². The average molecular weight is 423 g/mol. The van der Waals surface area contributed by atoms with Crippen LogP contribution >= 0.6 is 11.3 Å². The molecule has 0 bridgehead atoms. The summed E-state index contributed by atoms with van der Waals surface area (Å²) in [6.07, 6.45) is 0.